The summed E-state index contributed by atoms with van der Waals surface area (Å²) < 4.78 is 11.3. The van der Waals surface area contributed by atoms with Crippen LogP contribution in [0, 0.1) is 0 Å². The Bertz CT molecular complexity index is 1110. The van der Waals surface area contributed by atoms with Crippen LogP contribution in [0.5, 0.6) is 0 Å². The highest BCUT2D eigenvalue weighted by Crippen LogP contribution is 2.39. The Labute approximate surface area is 244 Å². The average Bonchev–Trinajstić information content (AvgIpc) is 3.57. The second-order valence-corrected chi connectivity index (χ2v) is 12.2. The van der Waals surface area contributed by atoms with Crippen molar-refractivity contribution in [3.63, 3.8) is 0 Å². The van der Waals surface area contributed by atoms with Crippen molar-refractivity contribution in [3.05, 3.63) is 106 Å². The van der Waals surface area contributed by atoms with Crippen LogP contribution in [-0.4, -0.2) is 25.1 Å². The van der Waals surface area contributed by atoms with E-state index in [1.807, 2.05) is 17.8 Å². The molecule has 0 saturated carbocycles. The van der Waals surface area contributed by atoms with E-state index in [9.17, 15) is 4.21 Å². The summed E-state index contributed by atoms with van der Waals surface area (Å²) in [6.07, 6.45) is 11.2. The number of halogens is 1. The van der Waals surface area contributed by atoms with Gasteiger partial charge in [0.2, 0.25) is 0 Å². The summed E-state index contributed by atoms with van der Waals surface area (Å²) >= 11 is 6.45. The molecular weight excluding hydrogens is 598 g/mol. The van der Waals surface area contributed by atoms with Crippen LogP contribution in [0.2, 0.25) is 0 Å². The number of rotatable bonds is 2. The second kappa shape index (κ2) is 14.9. The van der Waals surface area contributed by atoms with Crippen LogP contribution < -0.4 is 0 Å². The Balaban J connectivity index is 0.000000260. The van der Waals surface area contributed by atoms with Crippen LogP contribution in [0.15, 0.2) is 72.8 Å². The zero-order chi connectivity index (χ0) is 23.2. The average molecular weight is 636 g/mol. The molecule has 0 N–H and O–H groups in total. The lowest BCUT2D eigenvalue weighted by atomic mass is 10.1. The van der Waals surface area contributed by atoms with Crippen LogP contribution in [0.4, 0.5) is 0 Å². The molecule has 0 saturated heterocycles. The lowest BCUT2D eigenvalue weighted by Crippen LogP contribution is -1.99. The van der Waals surface area contributed by atoms with Gasteiger partial charge in [0.05, 0.1) is 5.25 Å². The number of benzene rings is 3. The van der Waals surface area contributed by atoms with Gasteiger partial charge in [-0.25, -0.2) is 0 Å². The molecule has 0 fully saturated rings. The molecule has 3 aliphatic carbocycles. The fraction of sp³-hybridized carbons (Fsp3) is 0.379. The molecule has 1 nitrogen and oxygen atoms in total. The minimum atomic E-state index is -0.702. The van der Waals surface area contributed by atoms with Gasteiger partial charge < -0.3 is 0 Å². The Morgan fingerprint density at radius 2 is 1.23 bits per heavy atom. The molecule has 3 aliphatic rings. The number of aryl methyl sites for hydroxylation is 3. The Morgan fingerprint density at radius 1 is 0.771 bits per heavy atom. The Kier molecular flexibility index (Phi) is 13.0. The van der Waals surface area contributed by atoms with Crippen LogP contribution in [0.3, 0.4) is 0 Å². The first-order valence-corrected chi connectivity index (χ1v) is 15.3. The molecule has 3 radical (unpaired) electrons. The first-order chi connectivity index (χ1) is 16.1. The van der Waals surface area contributed by atoms with Crippen molar-refractivity contribution in [2.24, 2.45) is 0 Å². The van der Waals surface area contributed by atoms with Crippen molar-refractivity contribution in [1.29, 1.82) is 0 Å². The van der Waals surface area contributed by atoms with Gasteiger partial charge in [0.25, 0.3) is 0 Å². The second-order valence-electron chi connectivity index (χ2n) is 8.94. The molecule has 6 rings (SSSR count). The van der Waals surface area contributed by atoms with Gasteiger partial charge in [0.1, 0.15) is 0 Å². The molecule has 0 amide bonds. The maximum atomic E-state index is 11.3. The van der Waals surface area contributed by atoms with Gasteiger partial charge >= 0.3 is 0 Å². The van der Waals surface area contributed by atoms with E-state index in [1.54, 1.807) is 17.4 Å². The van der Waals surface area contributed by atoms with E-state index in [-0.39, 0.29) is 33.8 Å². The summed E-state index contributed by atoms with van der Waals surface area (Å²) in [5, 5.41) is 1.56. The van der Waals surface area contributed by atoms with E-state index in [0.717, 1.165) is 18.1 Å². The fourth-order valence-corrected chi connectivity index (χ4v) is 7.42. The van der Waals surface area contributed by atoms with Crippen molar-refractivity contribution in [3.8, 4) is 0 Å². The van der Waals surface area contributed by atoms with Gasteiger partial charge in [-0.15, -0.1) is 24.0 Å². The summed E-state index contributed by atoms with van der Waals surface area (Å²) in [6.45, 7) is 0. The summed E-state index contributed by atoms with van der Waals surface area (Å²) in [7, 11) is -0.702. The first kappa shape index (κ1) is 30.5. The van der Waals surface area contributed by atoms with Crippen molar-refractivity contribution in [1.82, 2.24) is 0 Å². The molecule has 35 heavy (non-hydrogen) atoms. The summed E-state index contributed by atoms with van der Waals surface area (Å²) in [5.41, 5.74) is 8.75. The monoisotopic (exact) mass is 635 g/mol. The number of hydrogen-bond donors (Lipinski definition) is 1. The smallest absolute Gasteiger partial charge is 0.0600 e. The molecule has 187 valence electrons. The highest BCUT2D eigenvalue weighted by atomic mass is 127. The lowest BCUT2D eigenvalue weighted by Gasteiger charge is -2.06. The van der Waals surface area contributed by atoms with Crippen LogP contribution in [-0.2, 0) is 30.1 Å². The van der Waals surface area contributed by atoms with Crippen molar-refractivity contribution in [2.75, 3.05) is 12.5 Å². The number of thiol groups is 1. The Morgan fingerprint density at radius 3 is 1.80 bits per heavy atom. The molecule has 4 unspecified atom stereocenters. The van der Waals surface area contributed by atoms with Gasteiger partial charge in [-0.3, -0.25) is 4.21 Å². The van der Waals surface area contributed by atoms with E-state index < -0.39 is 10.8 Å². The lowest BCUT2D eigenvalue weighted by molar-refractivity contribution is 0.674. The molecule has 0 spiro atoms. The summed E-state index contributed by atoms with van der Waals surface area (Å²) in [5.74, 6) is 0. The SMILES string of the molecule is CS(=O)C1CCc2ccccc21.CSC1CCc2ccccc21.I.SC1CCc2ccccc21.[B].[HH]. The third kappa shape index (κ3) is 7.65. The van der Waals surface area contributed by atoms with E-state index >= 15 is 0 Å². The van der Waals surface area contributed by atoms with E-state index in [0.29, 0.717) is 10.5 Å². The molecule has 0 heterocycles. The van der Waals surface area contributed by atoms with E-state index in [1.165, 1.54) is 47.9 Å². The van der Waals surface area contributed by atoms with Crippen molar-refractivity contribution >= 4 is 67.6 Å². The van der Waals surface area contributed by atoms with Crippen LogP contribution in [0.25, 0.3) is 0 Å². The molecule has 6 heteroatoms. The summed E-state index contributed by atoms with van der Waals surface area (Å²) in [6, 6.07) is 25.7. The standard InChI is InChI=1S/C10H12OS.C10H12S.C9H10S.B.HI.H2/c1-12(11)10-7-6-8-4-2-3-5-9(8)10;1-11-10-7-6-8-4-2-3-5-9(8)10;10-9-6-5-7-3-1-2-4-8(7)9;;;/h2-5,10H,6-7H2,1H3;2-5,10H,6-7H2,1H3;1-4,9-10H,5-6H2;;2*1H. The maximum Gasteiger partial charge on any atom is 0.0600 e. The molecule has 0 aliphatic heterocycles. The largest absolute Gasteiger partial charge is 0.259 e. The molecular formula is C29H37BIOS3. The topological polar surface area (TPSA) is 17.1 Å². The van der Waals surface area contributed by atoms with Gasteiger partial charge in [-0.1, -0.05) is 72.8 Å². The minimum absolute atomic E-state index is 0. The van der Waals surface area contributed by atoms with Crippen LogP contribution >= 0.6 is 48.4 Å². The molecule has 3 aromatic carbocycles. The minimum Gasteiger partial charge on any atom is -0.259 e. The normalized spacial score (nSPS) is 21.4. The predicted octanol–water partition coefficient (Wildman–Crippen LogP) is 8.18. The van der Waals surface area contributed by atoms with E-state index in [4.69, 9.17) is 0 Å². The molecule has 4 atom stereocenters. The fourth-order valence-electron chi connectivity index (χ4n) is 5.16. The van der Waals surface area contributed by atoms with Gasteiger partial charge in [0.15, 0.2) is 0 Å². The number of thioether (sulfide) groups is 1. The summed E-state index contributed by atoms with van der Waals surface area (Å²) in [4.78, 5) is 0. The van der Waals surface area contributed by atoms with Gasteiger partial charge in [-0.05, 0) is 78.2 Å². The van der Waals surface area contributed by atoms with E-state index in [2.05, 4.69) is 85.6 Å². The quantitative estimate of drug-likeness (QED) is 0.174. The molecule has 0 bridgehead atoms. The van der Waals surface area contributed by atoms with Crippen molar-refractivity contribution in [2.45, 2.75) is 54.3 Å². The first-order valence-electron chi connectivity index (χ1n) is 11.8. The Hall–Kier alpha value is -0.695. The zero-order valence-corrected chi connectivity index (χ0v) is 25.4. The number of fused-ring (bicyclic) bond motifs is 3. The van der Waals surface area contributed by atoms with Gasteiger partial charge in [-0.2, -0.15) is 24.4 Å². The highest BCUT2D eigenvalue weighted by Gasteiger charge is 2.24. The third-order valence-corrected chi connectivity index (χ3v) is 9.83. The third-order valence-electron chi connectivity index (χ3n) is 6.94. The van der Waals surface area contributed by atoms with Crippen LogP contribution in [0.1, 0.15) is 69.8 Å². The predicted molar refractivity (Wildman–Crippen MR) is 172 cm³/mol. The highest BCUT2D eigenvalue weighted by molar-refractivity contribution is 14.0. The van der Waals surface area contributed by atoms with Gasteiger partial charge in [0, 0.05) is 37.4 Å². The van der Waals surface area contributed by atoms with Crippen molar-refractivity contribution < 1.29 is 5.64 Å². The zero-order valence-electron chi connectivity index (χ0n) is 20.6. The number of hydrogen-bond acceptors (Lipinski definition) is 3. The molecule has 0 aromatic heterocycles. The maximum absolute atomic E-state index is 11.3. The molecule has 3 aromatic rings.